The molecule has 0 aliphatic heterocycles. The summed E-state index contributed by atoms with van der Waals surface area (Å²) < 4.78 is 27.3. The molecule has 2 aromatic rings. The second-order valence-electron chi connectivity index (χ2n) is 3.58. The van der Waals surface area contributed by atoms with Crippen LogP contribution in [0.2, 0.25) is 0 Å². The van der Waals surface area contributed by atoms with Crippen molar-refractivity contribution >= 4 is 49.0 Å². The van der Waals surface area contributed by atoms with E-state index in [1.54, 1.807) is 5.38 Å². The second kappa shape index (κ2) is 5.59. The molecule has 1 nitrogen and oxygen atoms in total. The predicted molar refractivity (Wildman–Crippen MR) is 74.1 cm³/mol. The normalized spacial score (nSPS) is 10.7. The number of halogens is 4. The van der Waals surface area contributed by atoms with Gasteiger partial charge in [-0.2, -0.15) is 0 Å². The Morgan fingerprint density at radius 3 is 2.50 bits per heavy atom. The number of rotatable bonds is 3. The highest BCUT2D eigenvalue weighted by atomic mass is 79.9. The average molecular weight is 396 g/mol. The number of thiophene rings is 1. The van der Waals surface area contributed by atoms with E-state index >= 15 is 0 Å². The van der Waals surface area contributed by atoms with Crippen molar-refractivity contribution in [2.24, 2.45) is 0 Å². The van der Waals surface area contributed by atoms with Crippen LogP contribution in [0.5, 0.6) is 0 Å². The summed E-state index contributed by atoms with van der Waals surface area (Å²) in [5.41, 5.74) is 0.454. The number of hydrogen-bond donors (Lipinski definition) is 0. The summed E-state index contributed by atoms with van der Waals surface area (Å²) in [6.07, 6.45) is 0.0444. The lowest BCUT2D eigenvalue weighted by atomic mass is 10.1. The van der Waals surface area contributed by atoms with E-state index in [9.17, 15) is 13.6 Å². The lowest BCUT2D eigenvalue weighted by Crippen LogP contribution is -2.02. The number of carbonyl (C=O) groups is 1. The number of benzene rings is 1. The number of Topliss-reactive ketones (excluding diaryl/α,β-unsaturated/α-hetero) is 1. The Bertz CT molecular complexity index is 610. The molecular formula is C12H6Br2F2OS. The maximum atomic E-state index is 13.0. The fourth-order valence-corrected chi connectivity index (χ4v) is 3.56. The van der Waals surface area contributed by atoms with Crippen LogP contribution in [0.4, 0.5) is 8.78 Å². The van der Waals surface area contributed by atoms with Gasteiger partial charge in [-0.15, -0.1) is 11.3 Å². The van der Waals surface area contributed by atoms with Crippen LogP contribution in [0.3, 0.4) is 0 Å². The van der Waals surface area contributed by atoms with Gasteiger partial charge in [0.2, 0.25) is 0 Å². The van der Waals surface area contributed by atoms with Gasteiger partial charge in [-0.1, -0.05) is 6.07 Å². The Morgan fingerprint density at radius 2 is 1.94 bits per heavy atom. The Labute approximate surface area is 123 Å². The van der Waals surface area contributed by atoms with Gasteiger partial charge in [0, 0.05) is 16.3 Å². The van der Waals surface area contributed by atoms with Gasteiger partial charge in [-0.25, -0.2) is 8.78 Å². The summed E-state index contributed by atoms with van der Waals surface area (Å²) in [5, 5.41) is 1.79. The van der Waals surface area contributed by atoms with E-state index < -0.39 is 11.6 Å². The third-order valence-electron chi connectivity index (χ3n) is 2.29. The Hall–Kier alpha value is -0.590. The standard InChI is InChI=1S/C12H6Br2F2OS/c13-7-5-18-12(11(7)14)10(17)4-6-1-2-8(15)9(16)3-6/h1-3,5H,4H2. The molecule has 94 valence electrons. The zero-order valence-electron chi connectivity index (χ0n) is 8.84. The van der Waals surface area contributed by atoms with Gasteiger partial charge in [0.1, 0.15) is 0 Å². The van der Waals surface area contributed by atoms with Crippen LogP contribution >= 0.6 is 43.2 Å². The minimum atomic E-state index is -0.938. The molecule has 0 aliphatic carbocycles. The van der Waals surface area contributed by atoms with Crippen molar-refractivity contribution in [1.29, 1.82) is 0 Å². The predicted octanol–water partition coefficient (Wildman–Crippen LogP) is 4.98. The first-order chi connectivity index (χ1) is 8.49. The van der Waals surface area contributed by atoms with Crippen LogP contribution in [-0.2, 0) is 6.42 Å². The monoisotopic (exact) mass is 394 g/mol. The minimum absolute atomic E-state index is 0.0444. The average Bonchev–Trinajstić information content (AvgIpc) is 2.65. The first-order valence-corrected chi connectivity index (χ1v) is 7.35. The summed E-state index contributed by atoms with van der Waals surface area (Å²) in [6.45, 7) is 0. The van der Waals surface area contributed by atoms with E-state index in [4.69, 9.17) is 0 Å². The highest BCUT2D eigenvalue weighted by Gasteiger charge is 2.16. The number of hydrogen-bond acceptors (Lipinski definition) is 2. The van der Waals surface area contributed by atoms with Crippen LogP contribution < -0.4 is 0 Å². The third kappa shape index (κ3) is 2.87. The molecule has 0 radical (unpaired) electrons. The molecule has 0 unspecified atom stereocenters. The highest BCUT2D eigenvalue weighted by Crippen LogP contribution is 2.33. The molecule has 1 aromatic heterocycles. The minimum Gasteiger partial charge on any atom is -0.293 e. The van der Waals surface area contributed by atoms with Crippen LogP contribution in [0.15, 0.2) is 32.5 Å². The van der Waals surface area contributed by atoms with E-state index in [2.05, 4.69) is 31.9 Å². The molecule has 0 N–H and O–H groups in total. The summed E-state index contributed by atoms with van der Waals surface area (Å²) in [4.78, 5) is 12.5. The van der Waals surface area contributed by atoms with Crippen LogP contribution in [-0.4, -0.2) is 5.78 Å². The summed E-state index contributed by atoms with van der Waals surface area (Å²) in [6, 6.07) is 3.48. The second-order valence-corrected chi connectivity index (χ2v) is 6.10. The molecule has 0 amide bonds. The Kier molecular flexibility index (Phi) is 4.29. The molecule has 0 saturated heterocycles. The van der Waals surface area contributed by atoms with Crippen molar-refractivity contribution in [3.8, 4) is 0 Å². The molecule has 0 fully saturated rings. The fraction of sp³-hybridized carbons (Fsp3) is 0.0833. The van der Waals surface area contributed by atoms with E-state index in [1.165, 1.54) is 17.4 Å². The first-order valence-electron chi connectivity index (χ1n) is 4.88. The van der Waals surface area contributed by atoms with Crippen LogP contribution in [0.25, 0.3) is 0 Å². The van der Waals surface area contributed by atoms with Gasteiger partial charge in [0.25, 0.3) is 0 Å². The maximum Gasteiger partial charge on any atom is 0.178 e. The van der Waals surface area contributed by atoms with Gasteiger partial charge in [-0.05, 0) is 49.6 Å². The van der Waals surface area contributed by atoms with E-state index in [0.717, 1.165) is 16.6 Å². The van der Waals surface area contributed by atoms with Gasteiger partial charge in [0.15, 0.2) is 17.4 Å². The molecule has 1 heterocycles. The molecule has 18 heavy (non-hydrogen) atoms. The molecule has 2 rings (SSSR count). The van der Waals surface area contributed by atoms with E-state index in [0.29, 0.717) is 14.9 Å². The van der Waals surface area contributed by atoms with E-state index in [-0.39, 0.29) is 12.2 Å². The summed E-state index contributed by atoms with van der Waals surface area (Å²) in [5.74, 6) is -1.98. The fourth-order valence-electron chi connectivity index (χ4n) is 1.43. The molecule has 0 saturated carbocycles. The maximum absolute atomic E-state index is 13.0. The van der Waals surface area contributed by atoms with E-state index in [1.807, 2.05) is 0 Å². The Balaban J connectivity index is 2.21. The molecule has 0 spiro atoms. The smallest absolute Gasteiger partial charge is 0.178 e. The number of carbonyl (C=O) groups excluding carboxylic acids is 1. The Morgan fingerprint density at radius 1 is 1.22 bits per heavy atom. The molecule has 6 heteroatoms. The largest absolute Gasteiger partial charge is 0.293 e. The SMILES string of the molecule is O=C(Cc1ccc(F)c(F)c1)c1scc(Br)c1Br. The topological polar surface area (TPSA) is 17.1 Å². The van der Waals surface area contributed by atoms with Gasteiger partial charge in [-0.3, -0.25) is 4.79 Å². The highest BCUT2D eigenvalue weighted by molar-refractivity contribution is 9.13. The third-order valence-corrected chi connectivity index (χ3v) is 5.86. The first kappa shape index (κ1) is 13.8. The number of ketones is 1. The zero-order valence-corrected chi connectivity index (χ0v) is 12.8. The molecule has 1 aromatic carbocycles. The van der Waals surface area contributed by atoms with Crippen molar-refractivity contribution in [2.45, 2.75) is 6.42 Å². The zero-order chi connectivity index (χ0) is 13.3. The van der Waals surface area contributed by atoms with Gasteiger partial charge >= 0.3 is 0 Å². The lowest BCUT2D eigenvalue weighted by molar-refractivity contribution is 0.0996. The molecule has 0 atom stereocenters. The van der Waals surface area contributed by atoms with Crippen molar-refractivity contribution in [3.63, 3.8) is 0 Å². The van der Waals surface area contributed by atoms with Gasteiger partial charge in [0.05, 0.1) is 9.35 Å². The van der Waals surface area contributed by atoms with Crippen LogP contribution in [0, 0.1) is 11.6 Å². The molecular weight excluding hydrogens is 390 g/mol. The molecule has 0 bridgehead atoms. The molecule has 0 aliphatic rings. The van der Waals surface area contributed by atoms with Crippen LogP contribution in [0.1, 0.15) is 15.2 Å². The summed E-state index contributed by atoms with van der Waals surface area (Å²) in [7, 11) is 0. The van der Waals surface area contributed by atoms with Crippen molar-refractivity contribution in [1.82, 2.24) is 0 Å². The van der Waals surface area contributed by atoms with Crippen molar-refractivity contribution in [3.05, 3.63) is 54.6 Å². The van der Waals surface area contributed by atoms with Gasteiger partial charge < -0.3 is 0 Å². The quantitative estimate of drug-likeness (QED) is 0.670. The van der Waals surface area contributed by atoms with Crippen molar-refractivity contribution in [2.75, 3.05) is 0 Å². The lowest BCUT2D eigenvalue weighted by Gasteiger charge is -2.01. The summed E-state index contributed by atoms with van der Waals surface area (Å²) >= 11 is 7.89. The van der Waals surface area contributed by atoms with Crippen molar-refractivity contribution < 1.29 is 13.6 Å².